The van der Waals surface area contributed by atoms with Crippen LogP contribution in [0.2, 0.25) is 0 Å². The molecule has 5 N–H and O–H groups in total. The molecule has 5 heteroatoms. The molecule has 0 bridgehead atoms. The number of aliphatic hydroxyl groups excluding tert-OH is 1. The fraction of sp³-hybridized carbons (Fsp3) is 1.00. The summed E-state index contributed by atoms with van der Waals surface area (Å²) in [6.07, 6.45) is 0. The Hall–Kier alpha value is 0.270. The zero-order chi connectivity index (χ0) is 5.58. The zero-order valence-electron chi connectivity index (χ0n) is 3.37. The van der Waals surface area contributed by atoms with Crippen LogP contribution in [0, 0.1) is 0 Å². The lowest BCUT2D eigenvalue weighted by Gasteiger charge is -1.79. The van der Waals surface area contributed by atoms with Crippen molar-refractivity contribution in [3.8, 4) is 0 Å². The second-order valence-electron chi connectivity index (χ2n) is 0.320. The molecule has 0 aliphatic heterocycles. The van der Waals surface area contributed by atoms with Crippen LogP contribution in [0.4, 0.5) is 0 Å². The van der Waals surface area contributed by atoms with E-state index >= 15 is 0 Å². The fourth-order valence-corrected chi connectivity index (χ4v) is 0. The molecule has 0 aromatic carbocycles. The first-order valence-corrected chi connectivity index (χ1v) is 2.42. The average molecular weight is 113 g/mol. The van der Waals surface area contributed by atoms with E-state index in [-0.39, 0.29) is 0 Å². The SMILES string of the molecule is CO.NP(O)O. The molecule has 0 atom stereocenters. The third-order valence-corrected chi connectivity index (χ3v) is 0. The van der Waals surface area contributed by atoms with Crippen molar-refractivity contribution in [2.75, 3.05) is 7.11 Å². The summed E-state index contributed by atoms with van der Waals surface area (Å²) in [5.74, 6) is 0. The minimum absolute atomic E-state index is 1.00. The number of hydrogen-bond donors (Lipinski definition) is 4. The Morgan fingerprint density at radius 1 is 1.33 bits per heavy atom. The first kappa shape index (κ1) is 9.55. The molecule has 0 amide bonds. The normalized spacial score (nSPS) is 7.00. The van der Waals surface area contributed by atoms with Crippen molar-refractivity contribution in [2.45, 2.75) is 0 Å². The second kappa shape index (κ2) is 8.99. The van der Waals surface area contributed by atoms with Crippen molar-refractivity contribution in [2.24, 2.45) is 5.50 Å². The third kappa shape index (κ3) is 626. The summed E-state index contributed by atoms with van der Waals surface area (Å²) in [4.78, 5) is 14.9. The standard InChI is InChI=1S/CH4O.H4NO2P/c1-2;1-4(2)3/h2H,1H3;2-3H,1H2. The third-order valence-electron chi connectivity index (χ3n) is 0. The maximum atomic E-state index is 7.45. The number of rotatable bonds is 0. The second-order valence-corrected chi connectivity index (χ2v) is 0.961. The molecule has 0 saturated carbocycles. The molecule has 0 aliphatic carbocycles. The van der Waals surface area contributed by atoms with Gasteiger partial charge in [0.1, 0.15) is 0 Å². The van der Waals surface area contributed by atoms with E-state index in [2.05, 4.69) is 5.50 Å². The van der Waals surface area contributed by atoms with E-state index in [1.165, 1.54) is 0 Å². The zero-order valence-corrected chi connectivity index (χ0v) is 4.26. The van der Waals surface area contributed by atoms with Crippen molar-refractivity contribution in [3.05, 3.63) is 0 Å². The van der Waals surface area contributed by atoms with E-state index in [0.717, 1.165) is 7.11 Å². The molecule has 40 valence electrons. The van der Waals surface area contributed by atoms with E-state index in [9.17, 15) is 0 Å². The van der Waals surface area contributed by atoms with Gasteiger partial charge in [0.25, 0.3) is 0 Å². The van der Waals surface area contributed by atoms with Crippen LogP contribution in [0.1, 0.15) is 0 Å². The van der Waals surface area contributed by atoms with Crippen LogP contribution in [-0.2, 0) is 0 Å². The van der Waals surface area contributed by atoms with Gasteiger partial charge in [0.05, 0.1) is 0 Å². The lowest BCUT2D eigenvalue weighted by atomic mass is 11.8. The number of aliphatic hydroxyl groups is 1. The Labute approximate surface area is 37.2 Å². The van der Waals surface area contributed by atoms with Crippen LogP contribution in [0.25, 0.3) is 0 Å². The van der Waals surface area contributed by atoms with Crippen LogP contribution >= 0.6 is 8.53 Å². The topological polar surface area (TPSA) is 86.7 Å². The Morgan fingerprint density at radius 2 is 1.33 bits per heavy atom. The highest BCUT2D eigenvalue weighted by atomic mass is 31.2. The lowest BCUT2D eigenvalue weighted by Crippen LogP contribution is -1.78. The lowest BCUT2D eigenvalue weighted by molar-refractivity contribution is 0.399. The maximum absolute atomic E-state index is 7.45. The molecule has 0 fully saturated rings. The molecule has 0 aromatic heterocycles. The summed E-state index contributed by atoms with van der Waals surface area (Å²) in [5.41, 5.74) is 4.29. The molecule has 0 spiro atoms. The van der Waals surface area contributed by atoms with Gasteiger partial charge < -0.3 is 14.9 Å². The van der Waals surface area contributed by atoms with Gasteiger partial charge in [-0.2, -0.15) is 0 Å². The van der Waals surface area contributed by atoms with E-state index in [4.69, 9.17) is 14.9 Å². The summed E-state index contributed by atoms with van der Waals surface area (Å²) in [5, 5.41) is 7.00. The predicted molar refractivity (Wildman–Crippen MR) is 23.7 cm³/mol. The van der Waals surface area contributed by atoms with Gasteiger partial charge >= 0.3 is 0 Å². The first-order chi connectivity index (χ1) is 2.73. The highest BCUT2D eigenvalue weighted by Gasteiger charge is 1.72. The molecule has 0 rings (SSSR count). The summed E-state index contributed by atoms with van der Waals surface area (Å²) in [6, 6.07) is 0. The van der Waals surface area contributed by atoms with Crippen LogP contribution in [0.5, 0.6) is 0 Å². The van der Waals surface area contributed by atoms with E-state index in [1.807, 2.05) is 0 Å². The van der Waals surface area contributed by atoms with Gasteiger partial charge in [-0.3, -0.25) is 5.50 Å². The van der Waals surface area contributed by atoms with Crippen molar-refractivity contribution in [3.63, 3.8) is 0 Å². The molecule has 0 saturated heterocycles. The Morgan fingerprint density at radius 3 is 1.33 bits per heavy atom. The van der Waals surface area contributed by atoms with Crippen LogP contribution in [0.3, 0.4) is 0 Å². The molecular weight excluding hydrogens is 105 g/mol. The summed E-state index contributed by atoms with van der Waals surface area (Å²) in [6.45, 7) is 0. The molecule has 6 heavy (non-hydrogen) atoms. The quantitative estimate of drug-likeness (QED) is 0.296. The van der Waals surface area contributed by atoms with Gasteiger partial charge in [0.15, 0.2) is 0 Å². The Bertz CT molecular complexity index is 15.5. The monoisotopic (exact) mass is 113 g/mol. The van der Waals surface area contributed by atoms with E-state index in [0.29, 0.717) is 0 Å². The summed E-state index contributed by atoms with van der Waals surface area (Å²) in [7, 11) is -1.12. The minimum atomic E-state index is -2.12. The van der Waals surface area contributed by atoms with Crippen molar-refractivity contribution in [1.29, 1.82) is 0 Å². The van der Waals surface area contributed by atoms with Crippen LogP contribution < -0.4 is 5.50 Å². The van der Waals surface area contributed by atoms with Crippen LogP contribution in [-0.4, -0.2) is 22.0 Å². The van der Waals surface area contributed by atoms with Crippen molar-refractivity contribution in [1.82, 2.24) is 0 Å². The smallest absolute Gasteiger partial charge is 0.247 e. The summed E-state index contributed by atoms with van der Waals surface area (Å²) >= 11 is 0. The number of nitrogens with two attached hydrogens (primary N) is 1. The summed E-state index contributed by atoms with van der Waals surface area (Å²) < 4.78 is 0. The fourth-order valence-electron chi connectivity index (χ4n) is 0. The van der Waals surface area contributed by atoms with Crippen molar-refractivity contribution < 1.29 is 14.9 Å². The average Bonchev–Trinajstić information content (AvgIpc) is 1.41. The molecule has 0 heterocycles. The highest BCUT2D eigenvalue weighted by molar-refractivity contribution is 7.42. The van der Waals surface area contributed by atoms with E-state index < -0.39 is 8.53 Å². The van der Waals surface area contributed by atoms with Gasteiger partial charge in [-0.05, 0) is 0 Å². The molecule has 0 unspecified atom stereocenters. The van der Waals surface area contributed by atoms with Crippen LogP contribution in [0.15, 0.2) is 0 Å². The first-order valence-electron chi connectivity index (χ1n) is 1.11. The van der Waals surface area contributed by atoms with Gasteiger partial charge in [-0.1, -0.05) is 0 Å². The Balaban J connectivity index is 0. The molecular formula is CH8NO3P. The van der Waals surface area contributed by atoms with Crippen molar-refractivity contribution >= 4 is 8.53 Å². The van der Waals surface area contributed by atoms with Gasteiger partial charge in [0, 0.05) is 7.11 Å². The van der Waals surface area contributed by atoms with E-state index in [1.54, 1.807) is 0 Å². The number of hydrogen-bond acceptors (Lipinski definition) is 4. The minimum Gasteiger partial charge on any atom is -0.400 e. The molecule has 0 aliphatic rings. The maximum Gasteiger partial charge on any atom is 0.247 e. The van der Waals surface area contributed by atoms with Gasteiger partial charge in [0.2, 0.25) is 8.53 Å². The Kier molecular flexibility index (Phi) is 14.3. The highest BCUT2D eigenvalue weighted by Crippen LogP contribution is 2.05. The van der Waals surface area contributed by atoms with Gasteiger partial charge in [-0.15, -0.1) is 0 Å². The predicted octanol–water partition coefficient (Wildman–Crippen LogP) is -1.23. The van der Waals surface area contributed by atoms with Gasteiger partial charge in [-0.25, -0.2) is 0 Å². The molecule has 0 radical (unpaired) electrons. The molecule has 0 aromatic rings. The molecule has 4 nitrogen and oxygen atoms in total. The largest absolute Gasteiger partial charge is 0.400 e.